The minimum absolute atomic E-state index is 0.0192. The first-order valence-corrected chi connectivity index (χ1v) is 8.06. The van der Waals surface area contributed by atoms with Crippen molar-refractivity contribution in [2.24, 2.45) is 0 Å². The molecule has 4 nitrogen and oxygen atoms in total. The lowest BCUT2D eigenvalue weighted by Gasteiger charge is -2.34. The van der Waals surface area contributed by atoms with Gasteiger partial charge in [0.15, 0.2) is 0 Å². The molecule has 0 aliphatic carbocycles. The lowest BCUT2D eigenvalue weighted by atomic mass is 10.0. The fourth-order valence-electron chi connectivity index (χ4n) is 3.36. The van der Waals surface area contributed by atoms with Crippen molar-refractivity contribution in [1.29, 1.82) is 0 Å². The predicted octanol–water partition coefficient (Wildman–Crippen LogP) is 1.26. The molecule has 2 aliphatic heterocycles. The number of nitrogens with zero attached hydrogens (tertiary/aromatic N) is 2. The Kier molecular flexibility index (Phi) is 4.56. The molecular formula is C17H25N3O. The summed E-state index contributed by atoms with van der Waals surface area (Å²) >= 11 is 0. The highest BCUT2D eigenvalue weighted by Gasteiger charge is 2.28. The highest BCUT2D eigenvalue weighted by atomic mass is 16.2. The predicted molar refractivity (Wildman–Crippen MR) is 84.1 cm³/mol. The summed E-state index contributed by atoms with van der Waals surface area (Å²) in [6.45, 7) is 7.49. The van der Waals surface area contributed by atoms with Crippen LogP contribution in [0.2, 0.25) is 0 Å². The fraction of sp³-hybridized carbons (Fsp3) is 0.588. The van der Waals surface area contributed by atoms with Crippen molar-refractivity contribution in [3.8, 4) is 0 Å². The molecule has 1 aromatic carbocycles. The van der Waals surface area contributed by atoms with Gasteiger partial charge in [0.25, 0.3) is 0 Å². The number of benzene rings is 1. The van der Waals surface area contributed by atoms with Crippen molar-refractivity contribution < 1.29 is 4.79 Å². The van der Waals surface area contributed by atoms with E-state index in [4.69, 9.17) is 0 Å². The molecule has 0 radical (unpaired) electrons. The second kappa shape index (κ2) is 6.58. The molecule has 1 unspecified atom stereocenters. The lowest BCUT2D eigenvalue weighted by molar-refractivity contribution is -0.137. The van der Waals surface area contributed by atoms with Gasteiger partial charge in [0.2, 0.25) is 5.91 Å². The Morgan fingerprint density at radius 2 is 1.86 bits per heavy atom. The van der Waals surface area contributed by atoms with Crippen LogP contribution in [0.15, 0.2) is 24.3 Å². The average molecular weight is 287 g/mol. The number of aryl methyl sites for hydroxylation is 1. The quantitative estimate of drug-likeness (QED) is 0.889. The van der Waals surface area contributed by atoms with E-state index in [1.54, 1.807) is 0 Å². The summed E-state index contributed by atoms with van der Waals surface area (Å²) in [5.41, 5.74) is 2.83. The highest BCUT2D eigenvalue weighted by molar-refractivity contribution is 5.81. The van der Waals surface area contributed by atoms with E-state index in [9.17, 15) is 4.79 Å². The van der Waals surface area contributed by atoms with Gasteiger partial charge in [0.05, 0.1) is 6.04 Å². The molecule has 3 rings (SSSR count). The minimum atomic E-state index is -0.0192. The van der Waals surface area contributed by atoms with Crippen LogP contribution in [0.25, 0.3) is 0 Å². The average Bonchev–Trinajstić information content (AvgIpc) is 2.76. The largest absolute Gasteiger partial charge is 0.339 e. The van der Waals surface area contributed by atoms with Crippen molar-refractivity contribution in [2.75, 3.05) is 32.7 Å². The van der Waals surface area contributed by atoms with Crippen LogP contribution in [0.3, 0.4) is 0 Å². The van der Waals surface area contributed by atoms with Crippen LogP contribution < -0.4 is 5.32 Å². The second-order valence-corrected chi connectivity index (χ2v) is 6.09. The second-order valence-electron chi connectivity index (χ2n) is 6.09. The van der Waals surface area contributed by atoms with Crippen molar-refractivity contribution in [1.82, 2.24) is 15.1 Å². The molecule has 2 heterocycles. The van der Waals surface area contributed by atoms with Gasteiger partial charge in [-0.1, -0.05) is 24.3 Å². The first-order chi connectivity index (χ1) is 10.3. The standard InChI is InChI=1S/C17H25N3O/c1-14(17(21)19-11-8-18-9-12-19)20-10-4-7-15-5-2-3-6-16(15)13-20/h2-3,5-6,14,18H,4,7-13H2,1H3. The van der Waals surface area contributed by atoms with Crippen LogP contribution in [0.1, 0.15) is 24.5 Å². The zero-order valence-electron chi connectivity index (χ0n) is 12.8. The number of rotatable bonds is 2. The number of hydrogen-bond acceptors (Lipinski definition) is 3. The van der Waals surface area contributed by atoms with E-state index >= 15 is 0 Å². The third kappa shape index (κ3) is 3.27. The maximum Gasteiger partial charge on any atom is 0.239 e. The Balaban J connectivity index is 1.69. The monoisotopic (exact) mass is 287 g/mol. The summed E-state index contributed by atoms with van der Waals surface area (Å²) in [4.78, 5) is 17.0. The van der Waals surface area contributed by atoms with E-state index in [2.05, 4.69) is 41.4 Å². The molecule has 1 N–H and O–H groups in total. The molecule has 0 saturated carbocycles. The fourth-order valence-corrected chi connectivity index (χ4v) is 3.36. The molecule has 0 aromatic heterocycles. The van der Waals surface area contributed by atoms with E-state index in [1.165, 1.54) is 11.1 Å². The van der Waals surface area contributed by atoms with Gasteiger partial charge in [-0.3, -0.25) is 9.69 Å². The number of piperazine rings is 1. The van der Waals surface area contributed by atoms with Gasteiger partial charge >= 0.3 is 0 Å². The SMILES string of the molecule is CC(C(=O)N1CCNCC1)N1CCCc2ccccc2C1. The summed E-state index contributed by atoms with van der Waals surface area (Å²) in [6.07, 6.45) is 2.26. The van der Waals surface area contributed by atoms with Gasteiger partial charge < -0.3 is 10.2 Å². The Hall–Kier alpha value is -1.39. The van der Waals surface area contributed by atoms with Gasteiger partial charge in [0.1, 0.15) is 0 Å². The van der Waals surface area contributed by atoms with Crippen LogP contribution in [-0.2, 0) is 17.8 Å². The zero-order valence-corrected chi connectivity index (χ0v) is 12.8. The number of nitrogens with one attached hydrogen (secondary N) is 1. The number of carbonyl (C=O) groups is 1. The number of amides is 1. The molecule has 1 amide bonds. The van der Waals surface area contributed by atoms with Crippen molar-refractivity contribution in [3.05, 3.63) is 35.4 Å². The van der Waals surface area contributed by atoms with Crippen LogP contribution in [-0.4, -0.2) is 54.5 Å². The molecule has 2 aliphatic rings. The first-order valence-electron chi connectivity index (χ1n) is 8.06. The molecule has 21 heavy (non-hydrogen) atoms. The molecule has 0 spiro atoms. The Morgan fingerprint density at radius 1 is 1.14 bits per heavy atom. The summed E-state index contributed by atoms with van der Waals surface area (Å²) < 4.78 is 0. The molecule has 1 saturated heterocycles. The molecule has 1 fully saturated rings. The maximum atomic E-state index is 12.7. The number of fused-ring (bicyclic) bond motifs is 1. The molecule has 1 atom stereocenters. The summed E-state index contributed by atoms with van der Waals surface area (Å²) in [5, 5.41) is 3.30. The van der Waals surface area contributed by atoms with Gasteiger partial charge in [-0.25, -0.2) is 0 Å². The van der Waals surface area contributed by atoms with Crippen molar-refractivity contribution >= 4 is 5.91 Å². The third-order valence-electron chi connectivity index (χ3n) is 4.72. The Bertz CT molecular complexity index is 497. The maximum absolute atomic E-state index is 12.7. The molecule has 1 aromatic rings. The smallest absolute Gasteiger partial charge is 0.239 e. The normalized spacial score (nSPS) is 21.5. The van der Waals surface area contributed by atoms with Crippen LogP contribution >= 0.6 is 0 Å². The van der Waals surface area contributed by atoms with E-state index in [0.717, 1.165) is 52.1 Å². The Labute approximate surface area is 127 Å². The summed E-state index contributed by atoms with van der Waals surface area (Å²) in [7, 11) is 0. The van der Waals surface area contributed by atoms with Crippen molar-refractivity contribution in [3.63, 3.8) is 0 Å². The Morgan fingerprint density at radius 3 is 2.62 bits per heavy atom. The lowest BCUT2D eigenvalue weighted by Crippen LogP contribution is -2.53. The van der Waals surface area contributed by atoms with E-state index < -0.39 is 0 Å². The van der Waals surface area contributed by atoms with Gasteiger partial charge in [0, 0.05) is 32.7 Å². The van der Waals surface area contributed by atoms with E-state index in [-0.39, 0.29) is 11.9 Å². The summed E-state index contributed by atoms with van der Waals surface area (Å²) in [6, 6.07) is 8.63. The zero-order chi connectivity index (χ0) is 14.7. The van der Waals surface area contributed by atoms with Crippen LogP contribution in [0.4, 0.5) is 0 Å². The number of hydrogen-bond donors (Lipinski definition) is 1. The first kappa shape index (κ1) is 14.5. The van der Waals surface area contributed by atoms with Gasteiger partial charge in [-0.2, -0.15) is 0 Å². The van der Waals surface area contributed by atoms with Crippen LogP contribution in [0, 0.1) is 0 Å². The van der Waals surface area contributed by atoms with Crippen molar-refractivity contribution in [2.45, 2.75) is 32.4 Å². The molecule has 114 valence electrons. The van der Waals surface area contributed by atoms with Gasteiger partial charge in [-0.15, -0.1) is 0 Å². The minimum Gasteiger partial charge on any atom is -0.339 e. The van der Waals surface area contributed by atoms with E-state index in [0.29, 0.717) is 0 Å². The summed E-state index contributed by atoms with van der Waals surface area (Å²) in [5.74, 6) is 0.288. The molecule has 4 heteroatoms. The van der Waals surface area contributed by atoms with E-state index in [1.807, 2.05) is 4.90 Å². The van der Waals surface area contributed by atoms with Gasteiger partial charge in [-0.05, 0) is 37.4 Å². The topological polar surface area (TPSA) is 35.6 Å². The molecule has 0 bridgehead atoms. The molecular weight excluding hydrogens is 262 g/mol. The third-order valence-corrected chi connectivity index (χ3v) is 4.72. The van der Waals surface area contributed by atoms with Crippen LogP contribution in [0.5, 0.6) is 0 Å². The highest BCUT2D eigenvalue weighted by Crippen LogP contribution is 2.20. The number of carbonyl (C=O) groups excluding carboxylic acids is 1.